The van der Waals surface area contributed by atoms with Crippen molar-refractivity contribution in [2.24, 2.45) is 0 Å². The van der Waals surface area contributed by atoms with E-state index in [1.807, 2.05) is 24.3 Å². The van der Waals surface area contributed by atoms with E-state index in [0.29, 0.717) is 45.9 Å². The Bertz CT molecular complexity index is 1310. The number of carbonyl (C=O) groups excluding carboxylic acids is 2. The third-order valence-electron chi connectivity index (χ3n) is 7.68. The number of morpholine rings is 1. The number of nitrogens with zero attached hydrogens (tertiary/aromatic N) is 6. The van der Waals surface area contributed by atoms with Gasteiger partial charge in [0.25, 0.3) is 5.91 Å². The summed E-state index contributed by atoms with van der Waals surface area (Å²) in [5.74, 6) is -0.414. The molecule has 0 unspecified atom stereocenters. The minimum Gasteiger partial charge on any atom is -0.379 e. The van der Waals surface area contributed by atoms with Gasteiger partial charge >= 0.3 is 0 Å². The summed E-state index contributed by atoms with van der Waals surface area (Å²) in [5, 5.41) is 8.90. The number of halogens is 1. The van der Waals surface area contributed by atoms with Gasteiger partial charge in [0, 0.05) is 57.9 Å². The molecular formula is C31H37FN6O3. The lowest BCUT2D eigenvalue weighted by molar-refractivity contribution is -0.131. The number of rotatable bonds is 8. The van der Waals surface area contributed by atoms with Crippen LogP contribution in [0.25, 0.3) is 11.3 Å². The molecule has 0 atom stereocenters. The Labute approximate surface area is 240 Å². The maximum Gasteiger partial charge on any atom is 0.257 e. The van der Waals surface area contributed by atoms with Crippen LogP contribution in [0.15, 0.2) is 60.7 Å². The summed E-state index contributed by atoms with van der Waals surface area (Å²) in [7, 11) is 0. The average molecular weight is 561 g/mol. The number of amides is 2. The Morgan fingerprint density at radius 2 is 1.68 bits per heavy atom. The molecule has 3 heterocycles. The summed E-state index contributed by atoms with van der Waals surface area (Å²) in [6.07, 6.45) is 0.766. The molecule has 5 rings (SSSR count). The molecule has 9 nitrogen and oxygen atoms in total. The Balaban J connectivity index is 1.21. The number of aryl methyl sites for hydroxylation is 1. The fraction of sp³-hybridized carbons (Fsp3) is 0.419. The van der Waals surface area contributed by atoms with Crippen LogP contribution in [-0.4, -0.2) is 109 Å². The summed E-state index contributed by atoms with van der Waals surface area (Å²) in [6.45, 7) is 8.16. The lowest BCUT2D eigenvalue weighted by Crippen LogP contribution is -2.48. The van der Waals surface area contributed by atoms with Crippen LogP contribution in [0.1, 0.15) is 22.3 Å². The molecule has 1 aromatic heterocycles. The van der Waals surface area contributed by atoms with Crippen molar-refractivity contribution in [1.82, 2.24) is 24.9 Å². The lowest BCUT2D eigenvalue weighted by atomic mass is 10.1. The van der Waals surface area contributed by atoms with Gasteiger partial charge in [-0.05, 0) is 37.6 Å². The number of aromatic nitrogens is 2. The standard InChI is InChI=1S/C31H37FN6O3/c1-24-7-9-25(10-8-24)28-11-12-29(34-33-28)36-13-4-14-37(18-17-36)30(39)23-38(16-15-35-19-21-41-22-20-35)31(40)26-5-2-3-6-27(26)32/h2-3,5-12H,4,13-23H2,1H3. The molecule has 10 heteroatoms. The second kappa shape index (κ2) is 13.6. The molecule has 2 fully saturated rings. The van der Waals surface area contributed by atoms with E-state index in [0.717, 1.165) is 43.1 Å². The highest BCUT2D eigenvalue weighted by Gasteiger charge is 2.26. The summed E-state index contributed by atoms with van der Waals surface area (Å²) < 4.78 is 19.9. The molecule has 0 spiro atoms. The molecule has 2 amide bonds. The SMILES string of the molecule is Cc1ccc(-c2ccc(N3CCCN(C(=O)CN(CCN4CCOCC4)C(=O)c4ccccc4F)CC3)nn2)cc1. The summed E-state index contributed by atoms with van der Waals surface area (Å²) in [6, 6.07) is 18.1. The third kappa shape index (κ3) is 7.45. The Morgan fingerprint density at radius 3 is 2.41 bits per heavy atom. The molecule has 3 aromatic rings. The number of benzene rings is 2. The monoisotopic (exact) mass is 560 g/mol. The highest BCUT2D eigenvalue weighted by molar-refractivity contribution is 5.96. The zero-order valence-electron chi connectivity index (χ0n) is 23.5. The molecule has 216 valence electrons. The van der Waals surface area contributed by atoms with Gasteiger partial charge < -0.3 is 19.4 Å². The van der Waals surface area contributed by atoms with E-state index in [1.165, 1.54) is 22.6 Å². The number of hydrogen-bond donors (Lipinski definition) is 0. The smallest absolute Gasteiger partial charge is 0.257 e. The van der Waals surface area contributed by atoms with Gasteiger partial charge in [0.15, 0.2) is 5.82 Å². The fourth-order valence-electron chi connectivity index (χ4n) is 5.18. The van der Waals surface area contributed by atoms with Crippen LogP contribution in [-0.2, 0) is 9.53 Å². The number of anilines is 1. The van der Waals surface area contributed by atoms with Crippen molar-refractivity contribution in [2.75, 3.05) is 77.0 Å². The van der Waals surface area contributed by atoms with E-state index >= 15 is 0 Å². The average Bonchev–Trinajstić information content (AvgIpc) is 3.27. The highest BCUT2D eigenvalue weighted by Crippen LogP contribution is 2.20. The van der Waals surface area contributed by atoms with Crippen molar-refractivity contribution in [1.29, 1.82) is 0 Å². The Hall–Kier alpha value is -3.89. The first-order valence-corrected chi connectivity index (χ1v) is 14.3. The highest BCUT2D eigenvalue weighted by atomic mass is 19.1. The molecule has 0 aliphatic carbocycles. The van der Waals surface area contributed by atoms with Gasteiger partial charge in [-0.25, -0.2) is 4.39 Å². The molecule has 0 radical (unpaired) electrons. The van der Waals surface area contributed by atoms with E-state index in [9.17, 15) is 14.0 Å². The van der Waals surface area contributed by atoms with Crippen molar-refractivity contribution >= 4 is 17.6 Å². The number of hydrogen-bond acceptors (Lipinski definition) is 7. The first kappa shape index (κ1) is 28.6. The molecule has 2 aromatic carbocycles. The van der Waals surface area contributed by atoms with Crippen LogP contribution in [0, 0.1) is 12.7 Å². The molecule has 2 aliphatic rings. The molecule has 2 saturated heterocycles. The van der Waals surface area contributed by atoms with Gasteiger partial charge in [-0.2, -0.15) is 0 Å². The topological polar surface area (TPSA) is 82.1 Å². The van der Waals surface area contributed by atoms with Crippen LogP contribution in [0.2, 0.25) is 0 Å². The van der Waals surface area contributed by atoms with Gasteiger partial charge in [0.05, 0.1) is 24.5 Å². The van der Waals surface area contributed by atoms with E-state index in [4.69, 9.17) is 4.74 Å². The molecule has 41 heavy (non-hydrogen) atoms. The predicted molar refractivity (Wildman–Crippen MR) is 155 cm³/mol. The predicted octanol–water partition coefficient (Wildman–Crippen LogP) is 3.10. The molecule has 0 bridgehead atoms. The zero-order chi connectivity index (χ0) is 28.6. The minimum absolute atomic E-state index is 0.0167. The van der Waals surface area contributed by atoms with Crippen molar-refractivity contribution in [3.05, 3.63) is 77.6 Å². The maximum absolute atomic E-state index is 14.5. The number of carbonyl (C=O) groups is 2. The minimum atomic E-state index is -0.582. The second-order valence-corrected chi connectivity index (χ2v) is 10.5. The van der Waals surface area contributed by atoms with Gasteiger partial charge in [-0.3, -0.25) is 14.5 Å². The van der Waals surface area contributed by atoms with Gasteiger partial charge in [0.2, 0.25) is 5.91 Å². The third-order valence-corrected chi connectivity index (χ3v) is 7.68. The summed E-state index contributed by atoms with van der Waals surface area (Å²) in [5.41, 5.74) is 3.01. The molecular weight excluding hydrogens is 523 g/mol. The largest absolute Gasteiger partial charge is 0.379 e. The normalized spacial score (nSPS) is 16.3. The van der Waals surface area contributed by atoms with E-state index < -0.39 is 11.7 Å². The fourth-order valence-corrected chi connectivity index (χ4v) is 5.18. The van der Waals surface area contributed by atoms with Crippen molar-refractivity contribution in [3.63, 3.8) is 0 Å². The first-order chi connectivity index (χ1) is 20.0. The van der Waals surface area contributed by atoms with Crippen LogP contribution < -0.4 is 4.90 Å². The first-order valence-electron chi connectivity index (χ1n) is 14.3. The Kier molecular flexibility index (Phi) is 9.53. The van der Waals surface area contributed by atoms with Crippen LogP contribution >= 0.6 is 0 Å². The molecule has 2 aliphatic heterocycles. The van der Waals surface area contributed by atoms with Crippen LogP contribution in [0.5, 0.6) is 0 Å². The second-order valence-electron chi connectivity index (χ2n) is 10.5. The van der Waals surface area contributed by atoms with Crippen molar-refractivity contribution in [2.45, 2.75) is 13.3 Å². The van der Waals surface area contributed by atoms with E-state index in [-0.39, 0.29) is 18.0 Å². The van der Waals surface area contributed by atoms with E-state index in [1.54, 1.807) is 17.0 Å². The Morgan fingerprint density at radius 1 is 0.902 bits per heavy atom. The van der Waals surface area contributed by atoms with Crippen LogP contribution in [0.4, 0.5) is 10.2 Å². The summed E-state index contributed by atoms with van der Waals surface area (Å²) >= 11 is 0. The van der Waals surface area contributed by atoms with Gasteiger partial charge in [-0.1, -0.05) is 42.0 Å². The van der Waals surface area contributed by atoms with Crippen LogP contribution in [0.3, 0.4) is 0 Å². The summed E-state index contributed by atoms with van der Waals surface area (Å²) in [4.78, 5) is 34.4. The zero-order valence-corrected chi connectivity index (χ0v) is 23.5. The lowest BCUT2D eigenvalue weighted by Gasteiger charge is -2.31. The number of ether oxygens (including phenoxy) is 1. The van der Waals surface area contributed by atoms with Gasteiger partial charge in [-0.15, -0.1) is 10.2 Å². The van der Waals surface area contributed by atoms with Gasteiger partial charge in [0.1, 0.15) is 12.4 Å². The van der Waals surface area contributed by atoms with E-state index in [2.05, 4.69) is 39.1 Å². The van der Waals surface area contributed by atoms with Crippen molar-refractivity contribution < 1.29 is 18.7 Å². The molecule has 0 saturated carbocycles. The molecule has 0 N–H and O–H groups in total. The van der Waals surface area contributed by atoms with Crippen molar-refractivity contribution in [3.8, 4) is 11.3 Å². The quantitative estimate of drug-likeness (QED) is 0.419. The maximum atomic E-state index is 14.5.